The third-order valence-corrected chi connectivity index (χ3v) is 2.35. The fourth-order valence-electron chi connectivity index (χ4n) is 1.32. The molecule has 0 fully saturated rings. The van der Waals surface area contributed by atoms with Crippen LogP contribution in [0.5, 0.6) is 0 Å². The Kier molecular flexibility index (Phi) is 4.72. The maximum Gasteiger partial charge on any atom is 0.322 e. The lowest BCUT2D eigenvalue weighted by Gasteiger charge is -2.18. The van der Waals surface area contributed by atoms with Gasteiger partial charge >= 0.3 is 6.03 Å². The molecule has 0 spiro atoms. The van der Waals surface area contributed by atoms with Gasteiger partial charge in [-0.15, -0.1) is 0 Å². The zero-order valence-corrected chi connectivity index (χ0v) is 9.73. The molecule has 0 aliphatic rings. The minimum atomic E-state index is -0.127. The number of nitrogens with zero attached hydrogens (tertiary/aromatic N) is 2. The van der Waals surface area contributed by atoms with Crippen molar-refractivity contribution >= 4 is 11.8 Å². The first kappa shape index (κ1) is 12.4. The van der Waals surface area contributed by atoms with E-state index in [4.69, 9.17) is 5.73 Å². The molecule has 1 heterocycles. The number of carbonyl (C=O) groups is 1. The maximum atomic E-state index is 11.7. The van der Waals surface area contributed by atoms with E-state index in [0.29, 0.717) is 25.5 Å². The van der Waals surface area contributed by atoms with Gasteiger partial charge in [0.1, 0.15) is 5.82 Å². The van der Waals surface area contributed by atoms with Crippen LogP contribution in [-0.4, -0.2) is 29.0 Å². The van der Waals surface area contributed by atoms with Crippen LogP contribution >= 0.6 is 0 Å². The van der Waals surface area contributed by atoms with Crippen molar-refractivity contribution in [1.29, 1.82) is 0 Å². The van der Waals surface area contributed by atoms with Crippen LogP contribution in [0, 0.1) is 0 Å². The molecule has 3 N–H and O–H groups in total. The van der Waals surface area contributed by atoms with E-state index in [1.165, 1.54) is 0 Å². The second kappa shape index (κ2) is 6.07. The first-order valence-electron chi connectivity index (χ1n) is 5.42. The van der Waals surface area contributed by atoms with Crippen LogP contribution in [-0.2, 0) is 6.54 Å². The number of hydrogen-bond donors (Lipinski definition) is 2. The minimum absolute atomic E-state index is 0.127. The predicted octanol–water partition coefficient (Wildman–Crippen LogP) is 1.41. The number of carbonyl (C=O) groups excluding carboxylic acids is 1. The van der Waals surface area contributed by atoms with E-state index in [2.05, 4.69) is 10.3 Å². The molecule has 16 heavy (non-hydrogen) atoms. The van der Waals surface area contributed by atoms with E-state index in [1.807, 2.05) is 19.9 Å². The fourth-order valence-corrected chi connectivity index (χ4v) is 1.32. The van der Waals surface area contributed by atoms with E-state index in [1.54, 1.807) is 17.2 Å². The topological polar surface area (TPSA) is 71.2 Å². The summed E-state index contributed by atoms with van der Waals surface area (Å²) in [5.41, 5.74) is 6.40. The molecule has 0 atom stereocenters. The maximum absolute atomic E-state index is 11.7. The number of nitrogens with one attached hydrogen (secondary N) is 1. The van der Waals surface area contributed by atoms with Gasteiger partial charge < -0.3 is 10.6 Å². The van der Waals surface area contributed by atoms with Crippen LogP contribution in [0.2, 0.25) is 0 Å². The molecule has 5 nitrogen and oxygen atoms in total. The van der Waals surface area contributed by atoms with Gasteiger partial charge in [-0.3, -0.25) is 5.32 Å². The number of anilines is 1. The number of nitrogens with two attached hydrogens (primary N) is 1. The summed E-state index contributed by atoms with van der Waals surface area (Å²) >= 11 is 0. The third-order valence-electron chi connectivity index (χ3n) is 2.35. The zero-order valence-electron chi connectivity index (χ0n) is 9.73. The number of hydrogen-bond acceptors (Lipinski definition) is 3. The molecule has 0 bridgehead atoms. The highest BCUT2D eigenvalue weighted by Crippen LogP contribution is 2.05. The summed E-state index contributed by atoms with van der Waals surface area (Å²) < 4.78 is 0. The van der Waals surface area contributed by atoms with Crippen LogP contribution in [0.25, 0.3) is 0 Å². The molecule has 0 aliphatic carbocycles. The molecular formula is C11H18N4O. The highest BCUT2D eigenvalue weighted by molar-refractivity contribution is 5.88. The van der Waals surface area contributed by atoms with Gasteiger partial charge in [0, 0.05) is 25.8 Å². The average Bonchev–Trinajstić information content (AvgIpc) is 2.31. The standard InChI is InChI=1S/C11H18N4O/c1-3-15(4-2)11(16)14-10-6-5-9(7-12)8-13-10/h5-6,8H,3-4,7,12H2,1-2H3,(H,13,14,16). The zero-order chi connectivity index (χ0) is 12.0. The summed E-state index contributed by atoms with van der Waals surface area (Å²) in [5.74, 6) is 0.550. The molecule has 0 unspecified atom stereocenters. The third kappa shape index (κ3) is 3.20. The van der Waals surface area contributed by atoms with Crippen molar-refractivity contribution in [1.82, 2.24) is 9.88 Å². The second-order valence-corrected chi connectivity index (χ2v) is 3.36. The van der Waals surface area contributed by atoms with Gasteiger partial charge in [-0.2, -0.15) is 0 Å². The Morgan fingerprint density at radius 1 is 1.44 bits per heavy atom. The molecule has 0 saturated heterocycles. The van der Waals surface area contributed by atoms with E-state index in [-0.39, 0.29) is 6.03 Å². The Bertz CT molecular complexity index is 332. The van der Waals surface area contributed by atoms with E-state index >= 15 is 0 Å². The van der Waals surface area contributed by atoms with Gasteiger partial charge in [-0.1, -0.05) is 6.07 Å². The second-order valence-electron chi connectivity index (χ2n) is 3.36. The summed E-state index contributed by atoms with van der Waals surface area (Å²) in [6.45, 7) is 5.70. The molecule has 2 amide bonds. The van der Waals surface area contributed by atoms with Crippen molar-refractivity contribution in [3.8, 4) is 0 Å². The van der Waals surface area contributed by atoms with E-state index < -0.39 is 0 Å². The molecule has 0 aromatic carbocycles. The monoisotopic (exact) mass is 222 g/mol. The largest absolute Gasteiger partial charge is 0.326 e. The van der Waals surface area contributed by atoms with Crippen molar-refractivity contribution < 1.29 is 4.79 Å². The first-order chi connectivity index (χ1) is 7.71. The first-order valence-corrected chi connectivity index (χ1v) is 5.42. The van der Waals surface area contributed by atoms with Gasteiger partial charge in [-0.05, 0) is 25.5 Å². The number of pyridine rings is 1. The Balaban J connectivity index is 2.62. The molecule has 1 rings (SSSR count). The highest BCUT2D eigenvalue weighted by atomic mass is 16.2. The van der Waals surface area contributed by atoms with Crippen LogP contribution in [0.4, 0.5) is 10.6 Å². The van der Waals surface area contributed by atoms with Crippen LogP contribution in [0.3, 0.4) is 0 Å². The Morgan fingerprint density at radius 2 is 2.12 bits per heavy atom. The van der Waals surface area contributed by atoms with Gasteiger partial charge in [0.2, 0.25) is 0 Å². The normalized spacial score (nSPS) is 9.94. The lowest BCUT2D eigenvalue weighted by molar-refractivity contribution is 0.217. The van der Waals surface area contributed by atoms with Crippen molar-refractivity contribution in [3.05, 3.63) is 23.9 Å². The average molecular weight is 222 g/mol. The molecule has 1 aromatic rings. The highest BCUT2D eigenvalue weighted by Gasteiger charge is 2.09. The van der Waals surface area contributed by atoms with Gasteiger partial charge in [0.05, 0.1) is 0 Å². The SMILES string of the molecule is CCN(CC)C(=O)Nc1ccc(CN)cn1. The molecule has 0 radical (unpaired) electrons. The van der Waals surface area contributed by atoms with Crippen molar-refractivity contribution in [2.24, 2.45) is 5.73 Å². The van der Waals surface area contributed by atoms with Crippen molar-refractivity contribution in [3.63, 3.8) is 0 Å². The number of rotatable bonds is 4. The lowest BCUT2D eigenvalue weighted by Crippen LogP contribution is -2.34. The lowest BCUT2D eigenvalue weighted by atomic mass is 10.3. The Labute approximate surface area is 95.7 Å². The predicted molar refractivity (Wildman–Crippen MR) is 64.1 cm³/mol. The van der Waals surface area contributed by atoms with Gasteiger partial charge in [0.15, 0.2) is 0 Å². The minimum Gasteiger partial charge on any atom is -0.326 e. The Morgan fingerprint density at radius 3 is 2.56 bits per heavy atom. The molecule has 88 valence electrons. The molecule has 0 aliphatic heterocycles. The van der Waals surface area contributed by atoms with Gasteiger partial charge in [-0.25, -0.2) is 9.78 Å². The summed E-state index contributed by atoms with van der Waals surface area (Å²) in [6, 6.07) is 3.48. The van der Waals surface area contributed by atoms with Crippen LogP contribution < -0.4 is 11.1 Å². The molecule has 1 aromatic heterocycles. The summed E-state index contributed by atoms with van der Waals surface area (Å²) in [5, 5.41) is 2.73. The smallest absolute Gasteiger partial charge is 0.322 e. The number of aromatic nitrogens is 1. The fraction of sp³-hybridized carbons (Fsp3) is 0.455. The number of amides is 2. The summed E-state index contributed by atoms with van der Waals surface area (Å²) in [7, 11) is 0. The van der Waals surface area contributed by atoms with Crippen molar-refractivity contribution in [2.45, 2.75) is 20.4 Å². The van der Waals surface area contributed by atoms with Crippen LogP contribution in [0.15, 0.2) is 18.3 Å². The molecule has 0 saturated carbocycles. The van der Waals surface area contributed by atoms with E-state index in [0.717, 1.165) is 5.56 Å². The van der Waals surface area contributed by atoms with Gasteiger partial charge in [0.25, 0.3) is 0 Å². The summed E-state index contributed by atoms with van der Waals surface area (Å²) in [4.78, 5) is 17.5. The molecule has 5 heteroatoms. The molecular weight excluding hydrogens is 204 g/mol. The summed E-state index contributed by atoms with van der Waals surface area (Å²) in [6.07, 6.45) is 1.66. The van der Waals surface area contributed by atoms with E-state index in [9.17, 15) is 4.79 Å². The van der Waals surface area contributed by atoms with Crippen LogP contribution in [0.1, 0.15) is 19.4 Å². The number of urea groups is 1. The Hall–Kier alpha value is -1.62. The van der Waals surface area contributed by atoms with Crippen molar-refractivity contribution in [2.75, 3.05) is 18.4 Å². The quantitative estimate of drug-likeness (QED) is 0.809.